The van der Waals surface area contributed by atoms with Crippen LogP contribution < -0.4 is 10.2 Å². The monoisotopic (exact) mass is 1030 g/mol. The Bertz CT molecular complexity index is 1400. The lowest BCUT2D eigenvalue weighted by Gasteiger charge is -2.43. The standard InChI is InChI=1S/C51H99N2O16P/c1-6-8-10-12-14-16-18-20-22-24-26-28-30-32-40(54)39(52-43(55)33-31-29-27-25-23-21-19-17-15-13-11-9-7-2)36-64-50-48(60)46(58)44(56)41(68-50)37-65-51-49(61)47(59)45(57)42(69-51)38-67-70(62,63)66-35-34-53(3,4)5/h30,32,39-42,44-51,54,56-61H,6-29,31,33-38H2,1-5H3,(H-,52,55,62,63)/b32-30+/t39-,40+,41+,42+,44-,45-,46-,47-,48+,49+,50+,51+/m0/s1. The maximum atomic E-state index is 13.2. The molecule has 1 unspecified atom stereocenters. The van der Waals surface area contributed by atoms with E-state index in [9.17, 15) is 50.0 Å². The van der Waals surface area contributed by atoms with Crippen LogP contribution in [0, 0.1) is 0 Å². The summed E-state index contributed by atoms with van der Waals surface area (Å²) in [4.78, 5) is 25.6. The number of amides is 1. The minimum absolute atomic E-state index is 0.174. The Hall–Kier alpha value is -1.16. The molecular weight excluding hydrogens is 928 g/mol. The van der Waals surface area contributed by atoms with E-state index in [4.69, 9.17) is 28.0 Å². The molecule has 1 amide bonds. The summed E-state index contributed by atoms with van der Waals surface area (Å²) in [7, 11) is 0.681. The molecule has 0 spiro atoms. The van der Waals surface area contributed by atoms with Crippen LogP contribution in [0.15, 0.2) is 12.2 Å². The number of aliphatic hydroxyl groups excluding tert-OH is 7. The van der Waals surface area contributed by atoms with Crippen molar-refractivity contribution in [2.24, 2.45) is 0 Å². The predicted octanol–water partition coefficient (Wildman–Crippen LogP) is 5.43. The van der Waals surface area contributed by atoms with E-state index in [0.717, 1.165) is 44.9 Å². The average Bonchev–Trinajstić information content (AvgIpc) is 3.31. The zero-order valence-corrected chi connectivity index (χ0v) is 44.6. The number of carbonyl (C=O) groups excluding carboxylic acids is 1. The Labute approximate surface area is 421 Å². The van der Waals surface area contributed by atoms with Crippen LogP contribution in [-0.4, -0.2) is 174 Å². The van der Waals surface area contributed by atoms with Gasteiger partial charge in [-0.3, -0.25) is 9.36 Å². The minimum atomic E-state index is -4.85. The highest BCUT2D eigenvalue weighted by Crippen LogP contribution is 2.39. The zero-order chi connectivity index (χ0) is 51.8. The second-order valence-corrected chi connectivity index (χ2v) is 22.1. The van der Waals surface area contributed by atoms with Gasteiger partial charge in [0.05, 0.1) is 53.1 Å². The van der Waals surface area contributed by atoms with Crippen LogP contribution in [0.25, 0.3) is 0 Å². The molecule has 2 aliphatic rings. The molecule has 0 aliphatic carbocycles. The van der Waals surface area contributed by atoms with Crippen molar-refractivity contribution in [1.29, 1.82) is 0 Å². The number of unbranched alkanes of at least 4 members (excludes halogenated alkanes) is 23. The minimum Gasteiger partial charge on any atom is -0.756 e. The summed E-state index contributed by atoms with van der Waals surface area (Å²) in [5, 5.41) is 78.5. The van der Waals surface area contributed by atoms with E-state index < -0.39 is 94.6 Å². The third-order valence-corrected chi connectivity index (χ3v) is 14.1. The van der Waals surface area contributed by atoms with Crippen LogP contribution >= 0.6 is 7.82 Å². The van der Waals surface area contributed by atoms with Crippen molar-refractivity contribution in [2.75, 3.05) is 54.1 Å². The zero-order valence-electron chi connectivity index (χ0n) is 43.7. The molecule has 13 atom stereocenters. The number of likely N-dealkylation sites (N-methyl/N-ethyl adjacent to an activating group) is 1. The van der Waals surface area contributed by atoms with Gasteiger partial charge in [0.15, 0.2) is 12.6 Å². The fourth-order valence-corrected chi connectivity index (χ4v) is 9.21. The molecule has 2 saturated heterocycles. The van der Waals surface area contributed by atoms with Crippen LogP contribution in [0.3, 0.4) is 0 Å². The molecule has 18 nitrogen and oxygen atoms in total. The highest BCUT2D eigenvalue weighted by Gasteiger charge is 2.48. The highest BCUT2D eigenvalue weighted by atomic mass is 31.2. The highest BCUT2D eigenvalue weighted by molar-refractivity contribution is 7.45. The molecule has 2 heterocycles. The summed E-state index contributed by atoms with van der Waals surface area (Å²) in [6.45, 7) is 2.89. The number of phosphoric ester groups is 1. The first-order valence-corrected chi connectivity index (χ1v) is 28.5. The number of phosphoric acid groups is 1. The molecule has 2 rings (SSSR count). The summed E-state index contributed by atoms with van der Waals surface area (Å²) in [5.41, 5.74) is 0. The third kappa shape index (κ3) is 28.5. The average molecular weight is 1030 g/mol. The number of quaternary nitrogens is 1. The van der Waals surface area contributed by atoms with Crippen LogP contribution in [0.1, 0.15) is 181 Å². The van der Waals surface area contributed by atoms with Crippen molar-refractivity contribution < 1.29 is 82.5 Å². The van der Waals surface area contributed by atoms with Crippen molar-refractivity contribution in [3.05, 3.63) is 12.2 Å². The normalized spacial score (nSPS) is 27.2. The maximum absolute atomic E-state index is 13.2. The largest absolute Gasteiger partial charge is 0.756 e. The Balaban J connectivity index is 1.97. The number of rotatable bonds is 42. The van der Waals surface area contributed by atoms with Gasteiger partial charge in [-0.2, -0.15) is 0 Å². The van der Waals surface area contributed by atoms with E-state index >= 15 is 0 Å². The van der Waals surface area contributed by atoms with E-state index in [2.05, 4.69) is 19.2 Å². The van der Waals surface area contributed by atoms with E-state index in [1.165, 1.54) is 109 Å². The van der Waals surface area contributed by atoms with E-state index in [-0.39, 0.29) is 25.5 Å². The molecule has 0 aromatic heterocycles. The molecule has 0 bridgehead atoms. The van der Waals surface area contributed by atoms with Crippen molar-refractivity contribution in [1.82, 2.24) is 5.32 Å². The summed E-state index contributed by atoms with van der Waals surface area (Å²) in [5.74, 6) is -0.270. The smallest absolute Gasteiger partial charge is 0.268 e. The van der Waals surface area contributed by atoms with Gasteiger partial charge in [0.2, 0.25) is 5.91 Å². The van der Waals surface area contributed by atoms with Gasteiger partial charge in [0.25, 0.3) is 7.82 Å². The summed E-state index contributed by atoms with van der Waals surface area (Å²) in [6.07, 6.45) is 15.1. The number of aliphatic hydroxyl groups is 7. The molecule has 0 saturated carbocycles. The number of hydrogen-bond donors (Lipinski definition) is 8. The molecule has 8 N–H and O–H groups in total. The number of allylic oxidation sites excluding steroid dienone is 1. The van der Waals surface area contributed by atoms with Gasteiger partial charge in [-0.1, -0.05) is 167 Å². The van der Waals surface area contributed by atoms with Gasteiger partial charge in [0.1, 0.15) is 62.0 Å². The molecule has 2 aliphatic heterocycles. The number of nitrogens with zero attached hydrogens (tertiary/aromatic N) is 1. The second-order valence-electron chi connectivity index (χ2n) is 20.7. The maximum Gasteiger partial charge on any atom is 0.268 e. The molecular formula is C51H99N2O16P. The topological polar surface area (TPSA) is 266 Å². The molecule has 70 heavy (non-hydrogen) atoms. The lowest BCUT2D eigenvalue weighted by molar-refractivity contribution is -0.870. The lowest BCUT2D eigenvalue weighted by Crippen LogP contribution is -2.62. The molecule has 2 fully saturated rings. The van der Waals surface area contributed by atoms with Crippen molar-refractivity contribution >= 4 is 13.7 Å². The van der Waals surface area contributed by atoms with Crippen LogP contribution in [0.4, 0.5) is 0 Å². The van der Waals surface area contributed by atoms with E-state index in [0.29, 0.717) is 17.4 Å². The van der Waals surface area contributed by atoms with E-state index in [1.807, 2.05) is 27.2 Å². The molecule has 0 radical (unpaired) electrons. The van der Waals surface area contributed by atoms with Crippen molar-refractivity contribution in [2.45, 2.75) is 254 Å². The Morgan fingerprint density at radius 2 is 1.04 bits per heavy atom. The summed E-state index contributed by atoms with van der Waals surface area (Å²) >= 11 is 0. The Morgan fingerprint density at radius 1 is 0.614 bits per heavy atom. The third-order valence-electron chi connectivity index (χ3n) is 13.2. The van der Waals surface area contributed by atoms with Crippen LogP contribution in [0.2, 0.25) is 0 Å². The van der Waals surface area contributed by atoms with Gasteiger partial charge >= 0.3 is 0 Å². The molecule has 0 aromatic carbocycles. The lowest BCUT2D eigenvalue weighted by atomic mass is 9.98. The van der Waals surface area contributed by atoms with Gasteiger partial charge in [-0.25, -0.2) is 0 Å². The molecule has 19 heteroatoms. The fourth-order valence-electron chi connectivity index (χ4n) is 8.50. The second kappa shape index (κ2) is 37.6. The molecule has 414 valence electrons. The fraction of sp³-hybridized carbons (Fsp3) is 0.941. The Morgan fingerprint density at radius 3 is 1.51 bits per heavy atom. The first-order valence-electron chi connectivity index (χ1n) is 27.1. The number of ether oxygens (including phenoxy) is 4. The van der Waals surface area contributed by atoms with Gasteiger partial charge in [-0.15, -0.1) is 0 Å². The first-order chi connectivity index (χ1) is 33.4. The van der Waals surface area contributed by atoms with Gasteiger partial charge in [0, 0.05) is 6.42 Å². The van der Waals surface area contributed by atoms with Crippen molar-refractivity contribution in [3.8, 4) is 0 Å². The van der Waals surface area contributed by atoms with Crippen LogP contribution in [-0.2, 0) is 37.4 Å². The van der Waals surface area contributed by atoms with E-state index in [1.54, 1.807) is 6.08 Å². The van der Waals surface area contributed by atoms with Gasteiger partial charge < -0.3 is 78.4 Å². The summed E-state index contributed by atoms with van der Waals surface area (Å²) < 4.78 is 45.5. The number of nitrogens with one attached hydrogen (secondary N) is 1. The van der Waals surface area contributed by atoms with Gasteiger partial charge in [-0.05, 0) is 19.3 Å². The quantitative estimate of drug-likeness (QED) is 0.0164. The van der Waals surface area contributed by atoms with Crippen molar-refractivity contribution in [3.63, 3.8) is 0 Å². The number of hydrogen-bond acceptors (Lipinski definition) is 16. The predicted molar refractivity (Wildman–Crippen MR) is 266 cm³/mol. The first kappa shape index (κ1) is 65.0. The Kier molecular flexibility index (Phi) is 34.8. The molecule has 0 aromatic rings. The summed E-state index contributed by atoms with van der Waals surface area (Å²) in [6, 6.07) is -0.956. The van der Waals surface area contributed by atoms with Crippen LogP contribution in [0.5, 0.6) is 0 Å². The SMILES string of the molecule is CCCCCCCCCCCCC/C=C/[C@@H](O)[C@H](CO[C@@H]1O[C@H](CO[C@@H]2O[C@H](COP(=O)([O-])OCC[N+](C)(C)C)[C@H](O)[C@H](O)[C@H]2O)[C@H](O)[C@H](O)[C@H]1O)NC(=O)CCCCCCCCCCCCCCC. The number of carbonyl (C=O) groups is 1.